The summed E-state index contributed by atoms with van der Waals surface area (Å²) in [5, 5.41) is 12.1. The van der Waals surface area contributed by atoms with Crippen LogP contribution in [0.5, 0.6) is 5.75 Å². The van der Waals surface area contributed by atoms with Gasteiger partial charge in [-0.1, -0.05) is 12.1 Å². The van der Waals surface area contributed by atoms with Crippen molar-refractivity contribution < 1.29 is 18.3 Å². The zero-order chi connectivity index (χ0) is 15.6. The number of nitrogens with one attached hydrogen (secondary N) is 1. The van der Waals surface area contributed by atoms with Crippen molar-refractivity contribution in [3.8, 4) is 5.75 Å². The van der Waals surface area contributed by atoms with E-state index in [2.05, 4.69) is 5.32 Å². The van der Waals surface area contributed by atoms with Gasteiger partial charge in [-0.15, -0.1) is 11.3 Å². The second-order valence-corrected chi connectivity index (χ2v) is 8.50. The van der Waals surface area contributed by atoms with Crippen LogP contribution in [0.15, 0.2) is 40.6 Å². The summed E-state index contributed by atoms with van der Waals surface area (Å²) in [6.45, 7) is 3.21. The number of sulfone groups is 1. The predicted molar refractivity (Wildman–Crippen MR) is 82.7 cm³/mol. The first-order valence-corrected chi connectivity index (χ1v) is 8.61. The van der Waals surface area contributed by atoms with Crippen molar-refractivity contribution >= 4 is 32.1 Å². The maximum atomic E-state index is 12.0. The van der Waals surface area contributed by atoms with Gasteiger partial charge in [0.15, 0.2) is 9.84 Å². The lowest BCUT2D eigenvalue weighted by Crippen LogP contribution is -2.12. The Morgan fingerprint density at radius 3 is 2.48 bits per heavy atom. The van der Waals surface area contributed by atoms with Crippen LogP contribution in [0.25, 0.3) is 0 Å². The molecule has 0 spiro atoms. The van der Waals surface area contributed by atoms with Gasteiger partial charge in [0.2, 0.25) is 0 Å². The SMILES string of the molecule is CC(C)S(=O)(=O)c1ccc(NC(=O)c2ccccc2O)s1. The van der Waals surface area contributed by atoms with Crippen LogP contribution in [0.3, 0.4) is 0 Å². The molecule has 0 atom stereocenters. The van der Waals surface area contributed by atoms with Crippen LogP contribution in [0.2, 0.25) is 0 Å². The van der Waals surface area contributed by atoms with Gasteiger partial charge >= 0.3 is 0 Å². The van der Waals surface area contributed by atoms with Crippen LogP contribution in [-0.2, 0) is 9.84 Å². The molecule has 2 aromatic rings. The highest BCUT2D eigenvalue weighted by atomic mass is 32.2. The number of amides is 1. The number of rotatable bonds is 4. The number of aromatic hydroxyl groups is 1. The molecule has 0 saturated carbocycles. The summed E-state index contributed by atoms with van der Waals surface area (Å²) in [6, 6.07) is 9.17. The van der Waals surface area contributed by atoms with E-state index in [4.69, 9.17) is 0 Å². The van der Waals surface area contributed by atoms with Gasteiger partial charge in [-0.05, 0) is 38.1 Å². The summed E-state index contributed by atoms with van der Waals surface area (Å²) in [5.41, 5.74) is 0.138. The Labute approximate surface area is 127 Å². The van der Waals surface area contributed by atoms with E-state index in [0.717, 1.165) is 11.3 Å². The van der Waals surface area contributed by atoms with Crippen LogP contribution >= 0.6 is 11.3 Å². The molecule has 112 valence electrons. The summed E-state index contributed by atoms with van der Waals surface area (Å²) in [6.07, 6.45) is 0. The van der Waals surface area contributed by atoms with E-state index in [1.165, 1.54) is 24.3 Å². The molecule has 0 aliphatic heterocycles. The molecule has 0 fully saturated rings. The van der Waals surface area contributed by atoms with Crippen LogP contribution in [0.4, 0.5) is 5.00 Å². The van der Waals surface area contributed by atoms with Crippen molar-refractivity contribution in [3.05, 3.63) is 42.0 Å². The van der Waals surface area contributed by atoms with E-state index in [-0.39, 0.29) is 15.5 Å². The third-order valence-electron chi connectivity index (χ3n) is 2.87. The van der Waals surface area contributed by atoms with Gasteiger partial charge in [-0.2, -0.15) is 0 Å². The maximum absolute atomic E-state index is 12.0. The van der Waals surface area contributed by atoms with E-state index >= 15 is 0 Å². The standard InChI is InChI=1S/C14H15NO4S2/c1-9(2)21(18,19)13-8-7-12(20-13)15-14(17)10-5-3-4-6-11(10)16/h3-9,16H,1-2H3,(H,15,17). The van der Waals surface area contributed by atoms with Gasteiger partial charge in [0.1, 0.15) is 9.96 Å². The largest absolute Gasteiger partial charge is 0.507 e. The van der Waals surface area contributed by atoms with Gasteiger partial charge < -0.3 is 10.4 Å². The fraction of sp³-hybridized carbons (Fsp3) is 0.214. The maximum Gasteiger partial charge on any atom is 0.260 e. The fourth-order valence-electron chi connectivity index (χ4n) is 1.62. The minimum absolute atomic E-state index is 0.124. The molecule has 7 heteroatoms. The molecule has 1 heterocycles. The van der Waals surface area contributed by atoms with Crippen molar-refractivity contribution in [2.45, 2.75) is 23.3 Å². The van der Waals surface area contributed by atoms with Crippen molar-refractivity contribution in [2.75, 3.05) is 5.32 Å². The molecule has 1 aromatic heterocycles. The Bertz CT molecular complexity index is 763. The van der Waals surface area contributed by atoms with E-state index in [0.29, 0.717) is 5.00 Å². The number of phenols is 1. The first-order valence-electron chi connectivity index (χ1n) is 6.25. The number of benzene rings is 1. The van der Waals surface area contributed by atoms with E-state index in [1.54, 1.807) is 26.0 Å². The van der Waals surface area contributed by atoms with Crippen molar-refractivity contribution in [1.82, 2.24) is 0 Å². The Hall–Kier alpha value is -1.86. The first kappa shape index (κ1) is 15.5. The first-order chi connectivity index (χ1) is 9.82. The number of carbonyl (C=O) groups excluding carboxylic acids is 1. The highest BCUT2D eigenvalue weighted by Crippen LogP contribution is 2.29. The van der Waals surface area contributed by atoms with Crippen LogP contribution < -0.4 is 5.32 Å². The average molecular weight is 325 g/mol. The number of anilines is 1. The molecule has 2 N–H and O–H groups in total. The Kier molecular flexibility index (Phi) is 4.34. The third-order valence-corrected chi connectivity index (χ3v) is 6.55. The monoisotopic (exact) mass is 325 g/mol. The number of hydrogen-bond acceptors (Lipinski definition) is 5. The van der Waals surface area contributed by atoms with Gasteiger partial charge in [-0.25, -0.2) is 8.42 Å². The van der Waals surface area contributed by atoms with Gasteiger partial charge in [0, 0.05) is 0 Å². The molecule has 2 rings (SSSR count). The second kappa shape index (κ2) is 5.87. The second-order valence-electron chi connectivity index (χ2n) is 4.68. The Morgan fingerprint density at radius 1 is 1.19 bits per heavy atom. The number of carbonyl (C=O) groups is 1. The van der Waals surface area contributed by atoms with Gasteiger partial charge in [0.05, 0.1) is 15.8 Å². The normalized spacial score (nSPS) is 11.6. The summed E-state index contributed by atoms with van der Waals surface area (Å²) in [4.78, 5) is 12.0. The van der Waals surface area contributed by atoms with Crippen molar-refractivity contribution in [3.63, 3.8) is 0 Å². The van der Waals surface area contributed by atoms with Gasteiger partial charge in [-0.3, -0.25) is 4.79 Å². The minimum Gasteiger partial charge on any atom is -0.507 e. The molecule has 1 aromatic carbocycles. The van der Waals surface area contributed by atoms with Crippen LogP contribution in [0.1, 0.15) is 24.2 Å². The third kappa shape index (κ3) is 3.25. The lowest BCUT2D eigenvalue weighted by Gasteiger charge is -2.05. The zero-order valence-corrected chi connectivity index (χ0v) is 13.2. The topological polar surface area (TPSA) is 83.5 Å². The molecule has 0 saturated heterocycles. The molecule has 1 amide bonds. The summed E-state index contributed by atoms with van der Waals surface area (Å²) >= 11 is 0.995. The van der Waals surface area contributed by atoms with Crippen LogP contribution in [0, 0.1) is 0 Å². The van der Waals surface area contributed by atoms with Gasteiger partial charge in [0.25, 0.3) is 5.91 Å². The minimum atomic E-state index is -3.35. The lowest BCUT2D eigenvalue weighted by molar-refractivity contribution is 0.102. The molecule has 0 bridgehead atoms. The highest BCUT2D eigenvalue weighted by molar-refractivity contribution is 7.94. The summed E-state index contributed by atoms with van der Waals surface area (Å²) in [5.74, 6) is -0.606. The summed E-state index contributed by atoms with van der Waals surface area (Å²) in [7, 11) is -3.35. The Morgan fingerprint density at radius 2 is 1.86 bits per heavy atom. The molecule has 0 aliphatic carbocycles. The summed E-state index contributed by atoms with van der Waals surface area (Å²) < 4.78 is 24.2. The molecule has 21 heavy (non-hydrogen) atoms. The lowest BCUT2D eigenvalue weighted by atomic mass is 10.2. The van der Waals surface area contributed by atoms with Crippen LogP contribution in [-0.4, -0.2) is 24.7 Å². The molecule has 0 unspecified atom stereocenters. The molecular formula is C14H15NO4S2. The van der Waals surface area contributed by atoms with E-state index in [9.17, 15) is 18.3 Å². The average Bonchev–Trinajstić information content (AvgIpc) is 2.88. The van der Waals surface area contributed by atoms with E-state index in [1.807, 2.05) is 0 Å². The smallest absolute Gasteiger partial charge is 0.260 e. The molecular weight excluding hydrogens is 310 g/mol. The number of phenolic OH excluding ortho intramolecular Hbond substituents is 1. The molecule has 0 aliphatic rings. The molecule has 5 nitrogen and oxygen atoms in total. The molecule has 0 radical (unpaired) electrons. The number of thiophene rings is 1. The highest BCUT2D eigenvalue weighted by Gasteiger charge is 2.22. The quantitative estimate of drug-likeness (QED) is 0.905. The van der Waals surface area contributed by atoms with E-state index < -0.39 is 21.0 Å². The number of para-hydroxylation sites is 1. The predicted octanol–water partition coefficient (Wildman–Crippen LogP) is 2.89. The van der Waals surface area contributed by atoms with Crippen molar-refractivity contribution in [1.29, 1.82) is 0 Å². The zero-order valence-electron chi connectivity index (χ0n) is 11.5. The fourth-order valence-corrected chi connectivity index (χ4v) is 4.28. The van der Waals surface area contributed by atoms with Crippen molar-refractivity contribution in [2.24, 2.45) is 0 Å². The number of hydrogen-bond donors (Lipinski definition) is 2. The Balaban J connectivity index is 2.21.